The van der Waals surface area contributed by atoms with E-state index in [1.165, 1.54) is 7.11 Å². The van der Waals surface area contributed by atoms with Crippen molar-refractivity contribution in [2.24, 2.45) is 0 Å². The first kappa shape index (κ1) is 9.97. The highest BCUT2D eigenvalue weighted by Crippen LogP contribution is 2.30. The molecule has 1 N–H and O–H groups in total. The Morgan fingerprint density at radius 2 is 2.33 bits per heavy atom. The molecule has 0 bridgehead atoms. The third kappa shape index (κ3) is 1.68. The van der Waals surface area contributed by atoms with Crippen LogP contribution in [0.5, 0.6) is 5.75 Å². The van der Waals surface area contributed by atoms with Gasteiger partial charge in [0.15, 0.2) is 5.58 Å². The minimum atomic E-state index is -1.19. The molecule has 0 unspecified atom stereocenters. The number of ether oxygens (including phenoxy) is 1. The lowest BCUT2D eigenvalue weighted by molar-refractivity contribution is 0.0656. The molecule has 0 atom stereocenters. The molecule has 15 heavy (non-hydrogen) atoms. The largest absolute Gasteiger partial charge is 0.495 e. The number of nitrogens with zero attached hydrogens (tertiary/aromatic N) is 1. The highest BCUT2D eigenvalue weighted by molar-refractivity contribution is 9.10. The molecule has 0 aliphatic carbocycles. The molecule has 0 amide bonds. The molecule has 0 fully saturated rings. The number of aromatic nitrogens is 1. The first-order valence-corrected chi connectivity index (χ1v) is 4.78. The van der Waals surface area contributed by atoms with Gasteiger partial charge in [-0.1, -0.05) is 0 Å². The van der Waals surface area contributed by atoms with Gasteiger partial charge in [-0.2, -0.15) is 0 Å². The number of carboxylic acid groups (broad SMARTS) is 1. The SMILES string of the molecule is COc1cc2nc(C(=O)O)oc2cc1Br. The van der Waals surface area contributed by atoms with E-state index in [1.54, 1.807) is 12.1 Å². The second-order valence-electron chi connectivity index (χ2n) is 2.78. The molecule has 1 aromatic carbocycles. The number of methoxy groups -OCH3 is 1. The van der Waals surface area contributed by atoms with Gasteiger partial charge in [-0.3, -0.25) is 0 Å². The van der Waals surface area contributed by atoms with Crippen LogP contribution in [-0.2, 0) is 0 Å². The highest BCUT2D eigenvalue weighted by Gasteiger charge is 2.14. The fourth-order valence-electron chi connectivity index (χ4n) is 1.18. The highest BCUT2D eigenvalue weighted by atomic mass is 79.9. The fourth-order valence-corrected chi connectivity index (χ4v) is 1.66. The van der Waals surface area contributed by atoms with E-state index in [4.69, 9.17) is 14.3 Å². The van der Waals surface area contributed by atoms with Gasteiger partial charge >= 0.3 is 11.9 Å². The van der Waals surface area contributed by atoms with Gasteiger partial charge in [0.2, 0.25) is 0 Å². The van der Waals surface area contributed by atoms with Gasteiger partial charge in [0, 0.05) is 12.1 Å². The van der Waals surface area contributed by atoms with Gasteiger partial charge in [0.25, 0.3) is 0 Å². The summed E-state index contributed by atoms with van der Waals surface area (Å²) in [5, 5.41) is 8.68. The van der Waals surface area contributed by atoms with Gasteiger partial charge in [0.1, 0.15) is 11.3 Å². The van der Waals surface area contributed by atoms with E-state index in [2.05, 4.69) is 20.9 Å². The molecule has 0 spiro atoms. The number of oxazole rings is 1. The van der Waals surface area contributed by atoms with Crippen molar-refractivity contribution in [1.82, 2.24) is 4.98 Å². The maximum Gasteiger partial charge on any atom is 0.392 e. The molecular weight excluding hydrogens is 266 g/mol. The van der Waals surface area contributed by atoms with Crippen LogP contribution in [0.15, 0.2) is 21.0 Å². The topological polar surface area (TPSA) is 72.6 Å². The number of rotatable bonds is 2. The summed E-state index contributed by atoms with van der Waals surface area (Å²) in [4.78, 5) is 14.4. The third-order valence-electron chi connectivity index (χ3n) is 1.84. The number of fused-ring (bicyclic) bond motifs is 1. The normalized spacial score (nSPS) is 10.5. The zero-order valence-electron chi connectivity index (χ0n) is 7.65. The molecule has 5 nitrogen and oxygen atoms in total. The summed E-state index contributed by atoms with van der Waals surface area (Å²) in [5.41, 5.74) is 0.854. The van der Waals surface area contributed by atoms with Crippen molar-refractivity contribution in [2.75, 3.05) is 7.11 Å². The second-order valence-corrected chi connectivity index (χ2v) is 3.63. The maximum absolute atomic E-state index is 10.6. The minimum Gasteiger partial charge on any atom is -0.495 e. The zero-order valence-corrected chi connectivity index (χ0v) is 9.24. The Kier molecular flexibility index (Phi) is 2.36. The molecule has 0 saturated carbocycles. The van der Waals surface area contributed by atoms with Crippen molar-refractivity contribution in [1.29, 1.82) is 0 Å². The Bertz CT molecular complexity index is 534. The second kappa shape index (κ2) is 3.54. The van der Waals surface area contributed by atoms with E-state index in [9.17, 15) is 4.79 Å². The Morgan fingerprint density at radius 1 is 1.60 bits per heavy atom. The predicted molar refractivity (Wildman–Crippen MR) is 55.2 cm³/mol. The molecule has 1 heterocycles. The number of aromatic carboxylic acids is 1. The first-order valence-electron chi connectivity index (χ1n) is 3.99. The minimum absolute atomic E-state index is 0.329. The van der Waals surface area contributed by atoms with Crippen LogP contribution in [0.4, 0.5) is 0 Å². The summed E-state index contributed by atoms with van der Waals surface area (Å²) >= 11 is 3.26. The van der Waals surface area contributed by atoms with E-state index < -0.39 is 5.97 Å². The molecule has 6 heteroatoms. The van der Waals surface area contributed by atoms with Crippen molar-refractivity contribution < 1.29 is 19.1 Å². The summed E-state index contributed by atoms with van der Waals surface area (Å²) in [6, 6.07) is 3.23. The van der Waals surface area contributed by atoms with Crippen molar-refractivity contribution in [3.8, 4) is 5.75 Å². The lowest BCUT2D eigenvalue weighted by atomic mass is 10.3. The Morgan fingerprint density at radius 3 is 2.93 bits per heavy atom. The molecular formula is C9H6BrNO4. The smallest absolute Gasteiger partial charge is 0.392 e. The van der Waals surface area contributed by atoms with Gasteiger partial charge in [-0.25, -0.2) is 9.78 Å². The Labute approximate surface area is 92.8 Å². The maximum atomic E-state index is 10.6. The van der Waals surface area contributed by atoms with Crippen LogP contribution in [0.25, 0.3) is 11.1 Å². The first-order chi connectivity index (χ1) is 7.11. The number of halogens is 1. The number of hydrogen-bond donors (Lipinski definition) is 1. The summed E-state index contributed by atoms with van der Waals surface area (Å²) in [6.45, 7) is 0. The molecule has 0 radical (unpaired) electrons. The van der Waals surface area contributed by atoms with E-state index >= 15 is 0 Å². The van der Waals surface area contributed by atoms with Crippen LogP contribution in [0.1, 0.15) is 10.7 Å². The van der Waals surface area contributed by atoms with Crippen molar-refractivity contribution in [2.45, 2.75) is 0 Å². The quantitative estimate of drug-likeness (QED) is 0.908. The average molecular weight is 272 g/mol. The lowest BCUT2D eigenvalue weighted by Crippen LogP contribution is -1.94. The van der Waals surface area contributed by atoms with Gasteiger partial charge in [-0.05, 0) is 15.9 Å². The van der Waals surface area contributed by atoms with Crippen LogP contribution in [0, 0.1) is 0 Å². The van der Waals surface area contributed by atoms with Gasteiger partial charge in [0.05, 0.1) is 11.6 Å². The summed E-state index contributed by atoms with van der Waals surface area (Å²) < 4.78 is 10.7. The molecule has 78 valence electrons. The predicted octanol–water partition coefficient (Wildman–Crippen LogP) is 2.30. The Hall–Kier alpha value is -1.56. The van der Waals surface area contributed by atoms with Gasteiger partial charge < -0.3 is 14.3 Å². The van der Waals surface area contributed by atoms with E-state index in [0.717, 1.165) is 0 Å². The van der Waals surface area contributed by atoms with E-state index in [1.807, 2.05) is 0 Å². The van der Waals surface area contributed by atoms with Crippen molar-refractivity contribution in [3.05, 3.63) is 22.5 Å². The molecule has 0 saturated heterocycles. The third-order valence-corrected chi connectivity index (χ3v) is 2.46. The average Bonchev–Trinajstić information content (AvgIpc) is 2.59. The monoisotopic (exact) mass is 271 g/mol. The van der Waals surface area contributed by atoms with Crippen LogP contribution in [0.2, 0.25) is 0 Å². The standard InChI is InChI=1S/C9H6BrNO4/c1-14-6-3-5-7(2-4(6)10)15-8(11-5)9(12)13/h2-3H,1H3,(H,12,13). The van der Waals surface area contributed by atoms with Crippen LogP contribution >= 0.6 is 15.9 Å². The van der Waals surface area contributed by atoms with Crippen molar-refractivity contribution >= 4 is 33.0 Å². The summed E-state index contributed by atoms with van der Waals surface area (Å²) in [7, 11) is 1.52. The number of benzene rings is 1. The molecule has 0 aliphatic heterocycles. The fraction of sp³-hybridized carbons (Fsp3) is 0.111. The molecule has 2 aromatic rings. The van der Waals surface area contributed by atoms with Crippen LogP contribution < -0.4 is 4.74 Å². The molecule has 2 rings (SSSR count). The zero-order chi connectivity index (χ0) is 11.0. The number of carbonyl (C=O) groups is 1. The molecule has 0 aliphatic rings. The number of hydrogen-bond acceptors (Lipinski definition) is 4. The molecule has 1 aromatic heterocycles. The summed E-state index contributed by atoms with van der Waals surface area (Å²) in [5.74, 6) is -0.945. The number of carboxylic acids is 1. The van der Waals surface area contributed by atoms with Gasteiger partial charge in [-0.15, -0.1) is 0 Å². The van der Waals surface area contributed by atoms with Crippen LogP contribution in [0.3, 0.4) is 0 Å². The van der Waals surface area contributed by atoms with Crippen LogP contribution in [-0.4, -0.2) is 23.2 Å². The summed E-state index contributed by atoms with van der Waals surface area (Å²) in [6.07, 6.45) is 0. The Balaban J connectivity index is 2.66. The van der Waals surface area contributed by atoms with Crippen molar-refractivity contribution in [3.63, 3.8) is 0 Å². The van der Waals surface area contributed by atoms with E-state index in [-0.39, 0.29) is 5.89 Å². The lowest BCUT2D eigenvalue weighted by Gasteiger charge is -2.00. The van der Waals surface area contributed by atoms with E-state index in [0.29, 0.717) is 21.3 Å².